The summed E-state index contributed by atoms with van der Waals surface area (Å²) in [6.07, 6.45) is 9.21. The molecule has 2 unspecified atom stereocenters. The highest BCUT2D eigenvalue weighted by Gasteiger charge is 2.16. The van der Waals surface area contributed by atoms with Gasteiger partial charge in [0.05, 0.1) is 0 Å². The second-order valence-corrected chi connectivity index (χ2v) is 4.90. The third-order valence-electron chi connectivity index (χ3n) is 3.39. The highest BCUT2D eigenvalue weighted by molar-refractivity contribution is 5.72. The normalized spacial score (nSPS) is 25.6. The summed E-state index contributed by atoms with van der Waals surface area (Å²) in [6.45, 7) is 6.80. The molecule has 2 heteroatoms. The molecule has 1 amide bonds. The Morgan fingerprint density at radius 3 is 2.88 bits per heavy atom. The lowest BCUT2D eigenvalue weighted by Gasteiger charge is -2.24. The molecule has 16 heavy (non-hydrogen) atoms. The summed E-state index contributed by atoms with van der Waals surface area (Å²) in [5.74, 6) is 1.40. The third-order valence-corrected chi connectivity index (χ3v) is 3.39. The first-order valence-corrected chi connectivity index (χ1v) is 6.06. The largest absolute Gasteiger partial charge is 0.342 e. The van der Waals surface area contributed by atoms with Crippen molar-refractivity contribution >= 4 is 5.91 Å². The molecule has 0 fully saturated rings. The van der Waals surface area contributed by atoms with E-state index in [2.05, 4.69) is 32.1 Å². The summed E-state index contributed by atoms with van der Waals surface area (Å²) in [6, 6.07) is 0. The molecule has 0 radical (unpaired) electrons. The second kappa shape index (κ2) is 5.88. The van der Waals surface area contributed by atoms with Crippen LogP contribution < -0.4 is 0 Å². The smallest absolute Gasteiger partial charge is 0.219 e. The quantitative estimate of drug-likeness (QED) is 0.671. The summed E-state index contributed by atoms with van der Waals surface area (Å²) >= 11 is 0. The molecular formula is C14H23NO. The van der Waals surface area contributed by atoms with Crippen LogP contribution in [0, 0.1) is 11.8 Å². The molecule has 1 aliphatic carbocycles. The molecule has 0 aromatic carbocycles. The van der Waals surface area contributed by atoms with Crippen LogP contribution in [0.4, 0.5) is 0 Å². The van der Waals surface area contributed by atoms with Crippen LogP contribution >= 0.6 is 0 Å². The summed E-state index contributed by atoms with van der Waals surface area (Å²) in [5, 5.41) is 0. The topological polar surface area (TPSA) is 20.3 Å². The van der Waals surface area contributed by atoms with Gasteiger partial charge in [0.1, 0.15) is 0 Å². The first-order valence-electron chi connectivity index (χ1n) is 6.06. The number of allylic oxidation sites excluding steroid dienone is 3. The van der Waals surface area contributed by atoms with Crippen molar-refractivity contribution in [3.63, 3.8) is 0 Å². The third kappa shape index (κ3) is 3.84. The zero-order chi connectivity index (χ0) is 12.1. The standard InChI is InChI=1S/C14H23NO/c1-11-7-8-14(12(2)10-11)6-5-9-15(4)13(3)16/h5-6,10,12,14H,7-9H2,1-4H3/b6-5-. The summed E-state index contributed by atoms with van der Waals surface area (Å²) < 4.78 is 0. The van der Waals surface area contributed by atoms with E-state index in [1.54, 1.807) is 11.8 Å². The molecule has 0 saturated carbocycles. The Balaban J connectivity index is 2.43. The highest BCUT2D eigenvalue weighted by Crippen LogP contribution is 2.29. The molecule has 1 aliphatic rings. The van der Waals surface area contributed by atoms with Gasteiger partial charge in [-0.05, 0) is 31.6 Å². The van der Waals surface area contributed by atoms with Gasteiger partial charge in [0.2, 0.25) is 5.91 Å². The Hall–Kier alpha value is -1.05. The molecule has 0 aromatic heterocycles. The van der Waals surface area contributed by atoms with Gasteiger partial charge in [0.25, 0.3) is 0 Å². The monoisotopic (exact) mass is 221 g/mol. The molecule has 0 N–H and O–H groups in total. The summed E-state index contributed by atoms with van der Waals surface area (Å²) in [7, 11) is 1.83. The predicted molar refractivity (Wildman–Crippen MR) is 68.1 cm³/mol. The average Bonchev–Trinajstić information content (AvgIpc) is 2.20. The van der Waals surface area contributed by atoms with Gasteiger partial charge in [-0.15, -0.1) is 0 Å². The van der Waals surface area contributed by atoms with E-state index in [1.807, 2.05) is 7.05 Å². The van der Waals surface area contributed by atoms with Crippen molar-refractivity contribution in [2.24, 2.45) is 11.8 Å². The maximum absolute atomic E-state index is 11.0. The Morgan fingerprint density at radius 2 is 2.31 bits per heavy atom. The van der Waals surface area contributed by atoms with E-state index in [1.165, 1.54) is 18.4 Å². The number of hydrogen-bond acceptors (Lipinski definition) is 1. The van der Waals surface area contributed by atoms with Gasteiger partial charge in [-0.3, -0.25) is 4.79 Å². The maximum atomic E-state index is 11.0. The molecule has 0 heterocycles. The highest BCUT2D eigenvalue weighted by atomic mass is 16.2. The Labute approximate surface area is 99.0 Å². The molecule has 1 rings (SSSR count). The van der Waals surface area contributed by atoms with Crippen LogP contribution in [0.25, 0.3) is 0 Å². The molecule has 0 saturated heterocycles. The van der Waals surface area contributed by atoms with Crippen LogP contribution in [0.15, 0.2) is 23.8 Å². The Bertz CT molecular complexity index is 304. The van der Waals surface area contributed by atoms with Gasteiger partial charge < -0.3 is 4.90 Å². The number of carbonyl (C=O) groups is 1. The fraction of sp³-hybridized carbons (Fsp3) is 0.643. The van der Waals surface area contributed by atoms with Crippen molar-refractivity contribution in [3.05, 3.63) is 23.8 Å². The number of hydrogen-bond donors (Lipinski definition) is 0. The summed E-state index contributed by atoms with van der Waals surface area (Å²) in [5.41, 5.74) is 1.51. The van der Waals surface area contributed by atoms with Crippen LogP contribution in [-0.4, -0.2) is 24.4 Å². The SMILES string of the molecule is CC(=O)N(C)C/C=C\C1CCC(C)=CC1C. The van der Waals surface area contributed by atoms with Crippen LogP contribution in [0.2, 0.25) is 0 Å². The fourth-order valence-electron chi connectivity index (χ4n) is 2.11. The van der Waals surface area contributed by atoms with Crippen LogP contribution in [0.1, 0.15) is 33.6 Å². The van der Waals surface area contributed by atoms with Crippen molar-refractivity contribution < 1.29 is 4.79 Å². The maximum Gasteiger partial charge on any atom is 0.219 e. The van der Waals surface area contributed by atoms with E-state index < -0.39 is 0 Å². The van der Waals surface area contributed by atoms with Gasteiger partial charge in [-0.2, -0.15) is 0 Å². The van der Waals surface area contributed by atoms with Gasteiger partial charge in [-0.1, -0.05) is 30.7 Å². The lowest BCUT2D eigenvalue weighted by Crippen LogP contribution is -2.23. The molecular weight excluding hydrogens is 198 g/mol. The Kier molecular flexibility index (Phi) is 4.78. The van der Waals surface area contributed by atoms with Crippen LogP contribution in [-0.2, 0) is 4.79 Å². The molecule has 90 valence electrons. The zero-order valence-electron chi connectivity index (χ0n) is 10.9. The van der Waals surface area contributed by atoms with Gasteiger partial charge in [-0.25, -0.2) is 0 Å². The van der Waals surface area contributed by atoms with E-state index in [4.69, 9.17) is 0 Å². The minimum Gasteiger partial charge on any atom is -0.342 e. The van der Waals surface area contributed by atoms with E-state index >= 15 is 0 Å². The van der Waals surface area contributed by atoms with Crippen molar-refractivity contribution in [3.8, 4) is 0 Å². The van der Waals surface area contributed by atoms with Crippen molar-refractivity contribution in [2.75, 3.05) is 13.6 Å². The van der Waals surface area contributed by atoms with Crippen LogP contribution in [0.5, 0.6) is 0 Å². The fourth-order valence-corrected chi connectivity index (χ4v) is 2.11. The molecule has 0 aromatic rings. The predicted octanol–water partition coefficient (Wildman–Crippen LogP) is 3.01. The Morgan fingerprint density at radius 1 is 1.62 bits per heavy atom. The van der Waals surface area contributed by atoms with Gasteiger partial charge in [0.15, 0.2) is 0 Å². The number of likely N-dealkylation sites (N-methyl/N-ethyl adjacent to an activating group) is 1. The van der Waals surface area contributed by atoms with E-state index in [0.717, 1.165) is 6.54 Å². The lowest BCUT2D eigenvalue weighted by molar-refractivity contribution is -0.127. The van der Waals surface area contributed by atoms with E-state index in [9.17, 15) is 4.79 Å². The van der Waals surface area contributed by atoms with Crippen molar-refractivity contribution in [1.82, 2.24) is 4.90 Å². The number of nitrogens with zero attached hydrogens (tertiary/aromatic N) is 1. The average molecular weight is 221 g/mol. The van der Waals surface area contributed by atoms with Crippen molar-refractivity contribution in [2.45, 2.75) is 33.6 Å². The van der Waals surface area contributed by atoms with Gasteiger partial charge in [0, 0.05) is 20.5 Å². The van der Waals surface area contributed by atoms with E-state index in [-0.39, 0.29) is 5.91 Å². The minimum absolute atomic E-state index is 0.122. The lowest BCUT2D eigenvalue weighted by atomic mass is 9.82. The molecule has 0 bridgehead atoms. The first-order chi connectivity index (χ1) is 7.50. The number of rotatable bonds is 3. The zero-order valence-corrected chi connectivity index (χ0v) is 10.9. The summed E-state index contributed by atoms with van der Waals surface area (Å²) in [4.78, 5) is 12.7. The van der Waals surface area contributed by atoms with E-state index in [0.29, 0.717) is 11.8 Å². The molecule has 2 atom stereocenters. The molecule has 0 aliphatic heterocycles. The minimum atomic E-state index is 0.122. The second-order valence-electron chi connectivity index (χ2n) is 4.90. The molecule has 0 spiro atoms. The van der Waals surface area contributed by atoms with Gasteiger partial charge >= 0.3 is 0 Å². The molecule has 2 nitrogen and oxygen atoms in total. The number of amides is 1. The number of carbonyl (C=O) groups excluding carboxylic acids is 1. The first kappa shape index (κ1) is 13.0. The van der Waals surface area contributed by atoms with Crippen LogP contribution in [0.3, 0.4) is 0 Å². The van der Waals surface area contributed by atoms with Crippen molar-refractivity contribution in [1.29, 1.82) is 0 Å².